The van der Waals surface area contributed by atoms with Crippen molar-refractivity contribution < 1.29 is 18.8 Å². The molecular weight excluding hydrogens is 320 g/mol. The highest BCUT2D eigenvalue weighted by Gasteiger charge is 2.07. The van der Waals surface area contributed by atoms with Crippen LogP contribution in [0.15, 0.2) is 59.1 Å². The molecule has 6 heteroatoms. The number of nitrogens with zero attached hydrogens (tertiary/aromatic N) is 1. The third-order valence-electron chi connectivity index (χ3n) is 3.35. The van der Waals surface area contributed by atoms with Crippen molar-refractivity contribution in [1.82, 2.24) is 5.16 Å². The normalized spacial score (nSPS) is 10.3. The number of aromatic nitrogens is 1. The van der Waals surface area contributed by atoms with Gasteiger partial charge in [0.2, 0.25) is 0 Å². The monoisotopic (exact) mass is 338 g/mol. The Morgan fingerprint density at radius 1 is 1.00 bits per heavy atom. The molecule has 3 aromatic rings. The predicted molar refractivity (Wildman–Crippen MR) is 93.1 cm³/mol. The Hall–Kier alpha value is -3.28. The Bertz CT molecular complexity index is 839. The van der Waals surface area contributed by atoms with Crippen LogP contribution < -0.4 is 14.8 Å². The van der Waals surface area contributed by atoms with Crippen molar-refractivity contribution in [2.75, 3.05) is 11.9 Å². The van der Waals surface area contributed by atoms with Gasteiger partial charge < -0.3 is 19.3 Å². The minimum Gasteiger partial charge on any atom is -0.484 e. The van der Waals surface area contributed by atoms with Crippen molar-refractivity contribution in [3.8, 4) is 17.2 Å². The van der Waals surface area contributed by atoms with Gasteiger partial charge in [0, 0.05) is 6.07 Å². The van der Waals surface area contributed by atoms with Crippen molar-refractivity contribution in [3.05, 3.63) is 65.9 Å². The van der Waals surface area contributed by atoms with E-state index in [2.05, 4.69) is 10.5 Å². The molecule has 0 aliphatic heterocycles. The first-order chi connectivity index (χ1) is 12.1. The summed E-state index contributed by atoms with van der Waals surface area (Å²) in [6.45, 7) is 3.65. The summed E-state index contributed by atoms with van der Waals surface area (Å²) in [5.41, 5.74) is 1.18. The quantitative estimate of drug-likeness (QED) is 0.732. The summed E-state index contributed by atoms with van der Waals surface area (Å²) < 4.78 is 16.1. The first-order valence-electron chi connectivity index (χ1n) is 7.79. The molecule has 0 fully saturated rings. The van der Waals surface area contributed by atoms with Crippen molar-refractivity contribution in [3.63, 3.8) is 0 Å². The predicted octanol–water partition coefficient (Wildman–Crippen LogP) is 4.10. The molecule has 0 saturated heterocycles. The first-order valence-corrected chi connectivity index (χ1v) is 7.79. The molecule has 25 heavy (non-hydrogen) atoms. The second-order valence-electron chi connectivity index (χ2n) is 5.55. The van der Waals surface area contributed by atoms with Gasteiger partial charge in [0.1, 0.15) is 23.0 Å². The van der Waals surface area contributed by atoms with Crippen LogP contribution in [0.25, 0.3) is 0 Å². The van der Waals surface area contributed by atoms with Crippen LogP contribution in [-0.4, -0.2) is 17.7 Å². The molecule has 0 aliphatic carbocycles. The number of carbonyl (C=O) groups excluding carboxylic acids is 1. The maximum atomic E-state index is 11.8. The van der Waals surface area contributed by atoms with E-state index in [1.165, 1.54) is 5.56 Å². The highest BCUT2D eigenvalue weighted by atomic mass is 16.5. The van der Waals surface area contributed by atoms with Crippen molar-refractivity contribution in [2.24, 2.45) is 0 Å². The smallest absolute Gasteiger partial charge is 0.263 e. The third kappa shape index (κ3) is 4.84. The zero-order chi connectivity index (χ0) is 17.6. The van der Waals surface area contributed by atoms with Crippen LogP contribution in [0.4, 0.5) is 5.82 Å². The van der Waals surface area contributed by atoms with Crippen molar-refractivity contribution in [1.29, 1.82) is 0 Å². The minimum absolute atomic E-state index is 0.121. The summed E-state index contributed by atoms with van der Waals surface area (Å²) >= 11 is 0. The zero-order valence-corrected chi connectivity index (χ0v) is 14.0. The van der Waals surface area contributed by atoms with Crippen LogP contribution in [0.1, 0.15) is 11.3 Å². The molecule has 0 unspecified atom stereocenters. The van der Waals surface area contributed by atoms with Crippen LogP contribution >= 0.6 is 0 Å². The molecule has 0 atom stereocenters. The number of nitrogens with one attached hydrogen (secondary N) is 1. The standard InChI is InChI=1S/C19H18N2O4/c1-13-3-5-16(6-4-13)24-17-9-7-15(8-10-17)23-12-19(22)20-18-11-14(2)25-21-18/h3-11H,12H2,1-2H3,(H,20,21,22). The number of ether oxygens (including phenoxy) is 2. The lowest BCUT2D eigenvalue weighted by Gasteiger charge is -2.08. The van der Waals surface area contributed by atoms with E-state index in [0.29, 0.717) is 23.1 Å². The zero-order valence-electron chi connectivity index (χ0n) is 14.0. The Labute approximate surface area is 145 Å². The number of benzene rings is 2. The number of hydrogen-bond donors (Lipinski definition) is 1. The van der Waals surface area contributed by atoms with E-state index in [9.17, 15) is 4.79 Å². The maximum absolute atomic E-state index is 11.8. The van der Waals surface area contributed by atoms with Crippen LogP contribution in [0.3, 0.4) is 0 Å². The molecule has 0 aliphatic rings. The van der Waals surface area contributed by atoms with E-state index in [1.54, 1.807) is 37.3 Å². The molecule has 1 aromatic heterocycles. The fourth-order valence-electron chi connectivity index (χ4n) is 2.10. The molecule has 0 spiro atoms. The average Bonchev–Trinajstić information content (AvgIpc) is 3.01. The lowest BCUT2D eigenvalue weighted by Crippen LogP contribution is -2.20. The third-order valence-corrected chi connectivity index (χ3v) is 3.35. The SMILES string of the molecule is Cc1ccc(Oc2ccc(OCC(=O)Nc3cc(C)on3)cc2)cc1. The Kier molecular flexibility index (Phi) is 4.99. The number of hydrogen-bond acceptors (Lipinski definition) is 5. The molecule has 0 radical (unpaired) electrons. The summed E-state index contributed by atoms with van der Waals surface area (Å²) in [5.74, 6) is 2.71. The average molecular weight is 338 g/mol. The fourth-order valence-corrected chi connectivity index (χ4v) is 2.10. The lowest BCUT2D eigenvalue weighted by atomic mass is 10.2. The summed E-state index contributed by atoms with van der Waals surface area (Å²) in [5, 5.41) is 6.28. The van der Waals surface area contributed by atoms with Gasteiger partial charge in [-0.3, -0.25) is 4.79 Å². The maximum Gasteiger partial charge on any atom is 0.263 e. The number of amides is 1. The topological polar surface area (TPSA) is 73.6 Å². The second kappa shape index (κ2) is 7.53. The number of anilines is 1. The Morgan fingerprint density at radius 3 is 2.20 bits per heavy atom. The minimum atomic E-state index is -0.312. The molecule has 128 valence electrons. The van der Waals surface area contributed by atoms with Gasteiger partial charge in [-0.15, -0.1) is 0 Å². The van der Waals surface area contributed by atoms with Crippen LogP contribution in [0, 0.1) is 13.8 Å². The summed E-state index contributed by atoms with van der Waals surface area (Å²) in [6.07, 6.45) is 0. The Morgan fingerprint density at radius 2 is 1.60 bits per heavy atom. The van der Waals surface area contributed by atoms with E-state index in [0.717, 1.165) is 5.75 Å². The molecule has 1 amide bonds. The molecule has 1 N–H and O–H groups in total. The van der Waals surface area contributed by atoms with Crippen LogP contribution in [-0.2, 0) is 4.79 Å². The number of rotatable bonds is 6. The van der Waals surface area contributed by atoms with E-state index in [-0.39, 0.29) is 12.5 Å². The lowest BCUT2D eigenvalue weighted by molar-refractivity contribution is -0.118. The number of carbonyl (C=O) groups is 1. The van der Waals surface area contributed by atoms with Gasteiger partial charge in [-0.1, -0.05) is 22.9 Å². The van der Waals surface area contributed by atoms with Gasteiger partial charge in [-0.05, 0) is 50.2 Å². The van der Waals surface area contributed by atoms with E-state index >= 15 is 0 Å². The van der Waals surface area contributed by atoms with Crippen molar-refractivity contribution in [2.45, 2.75) is 13.8 Å². The molecule has 6 nitrogen and oxygen atoms in total. The Balaban J connectivity index is 1.50. The van der Waals surface area contributed by atoms with Gasteiger partial charge in [-0.25, -0.2) is 0 Å². The van der Waals surface area contributed by atoms with Crippen LogP contribution in [0.2, 0.25) is 0 Å². The first kappa shape index (κ1) is 16.6. The highest BCUT2D eigenvalue weighted by molar-refractivity contribution is 5.90. The summed E-state index contributed by atoms with van der Waals surface area (Å²) in [6, 6.07) is 16.5. The molecule has 0 bridgehead atoms. The van der Waals surface area contributed by atoms with E-state index < -0.39 is 0 Å². The number of aryl methyl sites for hydroxylation is 2. The van der Waals surface area contributed by atoms with E-state index in [4.69, 9.17) is 14.0 Å². The fraction of sp³-hybridized carbons (Fsp3) is 0.158. The van der Waals surface area contributed by atoms with Crippen molar-refractivity contribution >= 4 is 11.7 Å². The second-order valence-corrected chi connectivity index (χ2v) is 5.55. The molecule has 0 saturated carbocycles. The molecule has 3 rings (SSSR count). The summed E-state index contributed by atoms with van der Waals surface area (Å²) in [7, 11) is 0. The van der Waals surface area contributed by atoms with Gasteiger partial charge in [-0.2, -0.15) is 0 Å². The van der Waals surface area contributed by atoms with E-state index in [1.807, 2.05) is 31.2 Å². The highest BCUT2D eigenvalue weighted by Crippen LogP contribution is 2.24. The van der Waals surface area contributed by atoms with Gasteiger partial charge in [0.05, 0.1) is 0 Å². The molecular formula is C19H18N2O4. The van der Waals surface area contributed by atoms with Gasteiger partial charge in [0.15, 0.2) is 12.4 Å². The van der Waals surface area contributed by atoms with Gasteiger partial charge >= 0.3 is 0 Å². The van der Waals surface area contributed by atoms with Gasteiger partial charge in [0.25, 0.3) is 5.91 Å². The molecule has 1 heterocycles. The molecule has 2 aromatic carbocycles. The largest absolute Gasteiger partial charge is 0.484 e. The van der Waals surface area contributed by atoms with Crippen LogP contribution in [0.5, 0.6) is 17.2 Å². The summed E-state index contributed by atoms with van der Waals surface area (Å²) in [4.78, 5) is 11.8.